The fourth-order valence-electron chi connectivity index (χ4n) is 2.03. The Hall–Kier alpha value is -1.71. The lowest BCUT2D eigenvalue weighted by molar-refractivity contribution is 0.807. The van der Waals surface area contributed by atoms with E-state index in [0.717, 1.165) is 27.0 Å². The van der Waals surface area contributed by atoms with Crippen LogP contribution in [0.15, 0.2) is 65.7 Å². The first kappa shape index (κ1) is 13.3. The number of hydrogen-bond acceptors (Lipinski definition) is 2. The molecule has 1 heterocycles. The van der Waals surface area contributed by atoms with Gasteiger partial charge in [0.1, 0.15) is 5.03 Å². The minimum Gasteiger partial charge on any atom is -0.227 e. The van der Waals surface area contributed by atoms with Crippen LogP contribution in [0.4, 0.5) is 0 Å². The zero-order valence-electron chi connectivity index (χ0n) is 11.0. The number of benzene rings is 2. The molecule has 0 atom stereocenters. The fourth-order valence-corrected chi connectivity index (χ4v) is 2.70. The molecule has 0 aliphatic carbocycles. The number of nitrogens with zero attached hydrogens (tertiary/aromatic N) is 2. The molecule has 0 bridgehead atoms. The second-order valence-electron chi connectivity index (χ2n) is 4.33. The molecular formula is C16H13ClN2S. The second-order valence-corrected chi connectivity index (χ2v) is 5.59. The Morgan fingerprint density at radius 3 is 2.35 bits per heavy atom. The number of rotatable bonds is 3. The quantitative estimate of drug-likeness (QED) is 0.639. The average Bonchev–Trinajstić information content (AvgIpc) is 2.93. The Morgan fingerprint density at radius 1 is 1.00 bits per heavy atom. The zero-order chi connectivity index (χ0) is 13.9. The highest BCUT2D eigenvalue weighted by atomic mass is 35.5. The lowest BCUT2D eigenvalue weighted by atomic mass is 10.2. The van der Waals surface area contributed by atoms with Gasteiger partial charge in [0.2, 0.25) is 0 Å². The van der Waals surface area contributed by atoms with E-state index in [9.17, 15) is 0 Å². The van der Waals surface area contributed by atoms with Crippen molar-refractivity contribution in [1.82, 2.24) is 9.78 Å². The summed E-state index contributed by atoms with van der Waals surface area (Å²) in [5.74, 6) is 0. The van der Waals surface area contributed by atoms with E-state index in [2.05, 4.69) is 24.5 Å². The molecule has 20 heavy (non-hydrogen) atoms. The van der Waals surface area contributed by atoms with Gasteiger partial charge in [-0.1, -0.05) is 41.9 Å². The van der Waals surface area contributed by atoms with Crippen molar-refractivity contribution in [1.29, 1.82) is 0 Å². The number of hydrogen-bond donors (Lipinski definition) is 0. The molecule has 0 saturated heterocycles. The summed E-state index contributed by atoms with van der Waals surface area (Å²) in [6, 6.07) is 20.0. The molecule has 4 heteroatoms. The zero-order valence-corrected chi connectivity index (χ0v) is 12.5. The molecule has 0 N–H and O–H groups in total. The van der Waals surface area contributed by atoms with Gasteiger partial charge in [-0.15, -0.1) is 11.8 Å². The van der Waals surface area contributed by atoms with E-state index in [1.165, 1.54) is 0 Å². The summed E-state index contributed by atoms with van der Waals surface area (Å²) in [6.45, 7) is 0. The van der Waals surface area contributed by atoms with Crippen molar-refractivity contribution in [3.63, 3.8) is 0 Å². The van der Waals surface area contributed by atoms with Crippen molar-refractivity contribution in [2.24, 2.45) is 0 Å². The highest BCUT2D eigenvalue weighted by Crippen LogP contribution is 2.27. The number of para-hydroxylation sites is 1. The summed E-state index contributed by atoms with van der Waals surface area (Å²) in [5.41, 5.74) is 3.09. The van der Waals surface area contributed by atoms with Gasteiger partial charge in [-0.05, 0) is 36.6 Å². The molecule has 2 aromatic carbocycles. The Bertz CT molecular complexity index is 705. The molecule has 0 fully saturated rings. The van der Waals surface area contributed by atoms with Crippen LogP contribution in [0.3, 0.4) is 0 Å². The average molecular weight is 301 g/mol. The Morgan fingerprint density at radius 2 is 1.70 bits per heavy atom. The normalized spacial score (nSPS) is 10.7. The van der Waals surface area contributed by atoms with E-state index < -0.39 is 0 Å². The lowest BCUT2D eigenvalue weighted by Crippen LogP contribution is -1.97. The summed E-state index contributed by atoms with van der Waals surface area (Å²) >= 11 is 7.61. The van der Waals surface area contributed by atoms with Crippen LogP contribution in [-0.2, 0) is 0 Å². The van der Waals surface area contributed by atoms with Crippen LogP contribution < -0.4 is 0 Å². The molecule has 3 aromatic rings. The molecular weight excluding hydrogens is 288 g/mol. The number of thioether (sulfide) groups is 1. The van der Waals surface area contributed by atoms with Gasteiger partial charge in [-0.25, -0.2) is 4.68 Å². The van der Waals surface area contributed by atoms with E-state index in [0.29, 0.717) is 0 Å². The molecule has 0 aliphatic heterocycles. The van der Waals surface area contributed by atoms with Crippen LogP contribution in [0, 0.1) is 0 Å². The van der Waals surface area contributed by atoms with E-state index >= 15 is 0 Å². The van der Waals surface area contributed by atoms with Crippen molar-refractivity contribution < 1.29 is 0 Å². The largest absolute Gasteiger partial charge is 0.227 e. The van der Waals surface area contributed by atoms with Gasteiger partial charge >= 0.3 is 0 Å². The van der Waals surface area contributed by atoms with Gasteiger partial charge in [0.25, 0.3) is 0 Å². The summed E-state index contributed by atoms with van der Waals surface area (Å²) < 4.78 is 1.97. The molecule has 0 unspecified atom stereocenters. The van der Waals surface area contributed by atoms with Gasteiger partial charge in [-0.3, -0.25) is 0 Å². The van der Waals surface area contributed by atoms with E-state index in [4.69, 9.17) is 16.7 Å². The first-order chi connectivity index (χ1) is 9.78. The monoisotopic (exact) mass is 300 g/mol. The van der Waals surface area contributed by atoms with Crippen molar-refractivity contribution >= 4 is 23.4 Å². The van der Waals surface area contributed by atoms with Gasteiger partial charge < -0.3 is 0 Å². The first-order valence-electron chi connectivity index (χ1n) is 6.23. The van der Waals surface area contributed by atoms with Crippen molar-refractivity contribution in [3.8, 4) is 16.9 Å². The van der Waals surface area contributed by atoms with Gasteiger partial charge in [0.05, 0.1) is 11.4 Å². The maximum Gasteiger partial charge on any atom is 0.100 e. The fraction of sp³-hybridized carbons (Fsp3) is 0.0625. The van der Waals surface area contributed by atoms with Crippen LogP contribution >= 0.6 is 23.4 Å². The molecule has 0 aliphatic rings. The molecule has 0 saturated carbocycles. The maximum atomic E-state index is 5.93. The molecule has 0 spiro atoms. The summed E-state index contributed by atoms with van der Waals surface area (Å²) in [7, 11) is 0. The summed E-state index contributed by atoms with van der Waals surface area (Å²) in [5, 5.41) is 6.55. The minimum atomic E-state index is 0.737. The molecule has 3 rings (SSSR count). The second kappa shape index (κ2) is 5.73. The first-order valence-corrected chi connectivity index (χ1v) is 7.83. The minimum absolute atomic E-state index is 0.737. The van der Waals surface area contributed by atoms with E-state index in [-0.39, 0.29) is 0 Å². The standard InChI is InChI=1S/C16H13ClN2S/c1-20-16-11-15(12-7-9-13(17)10-8-12)18-19(16)14-5-3-2-4-6-14/h2-11H,1H3. The Balaban J connectivity index is 2.07. The lowest BCUT2D eigenvalue weighted by Gasteiger charge is -2.04. The number of aromatic nitrogens is 2. The third kappa shape index (κ3) is 2.60. The van der Waals surface area contributed by atoms with Crippen LogP contribution in [0.2, 0.25) is 5.02 Å². The predicted octanol–water partition coefficient (Wildman–Crippen LogP) is 4.91. The van der Waals surface area contributed by atoms with Gasteiger partial charge in [-0.2, -0.15) is 5.10 Å². The predicted molar refractivity (Wildman–Crippen MR) is 85.8 cm³/mol. The van der Waals surface area contributed by atoms with Gasteiger partial charge in [0, 0.05) is 10.6 Å². The molecule has 2 nitrogen and oxygen atoms in total. The molecule has 100 valence electrons. The van der Waals surface area contributed by atoms with Crippen molar-refractivity contribution in [2.75, 3.05) is 6.26 Å². The Kier molecular flexibility index (Phi) is 3.81. The van der Waals surface area contributed by atoms with E-state index in [1.807, 2.05) is 47.1 Å². The van der Waals surface area contributed by atoms with Crippen molar-refractivity contribution in [2.45, 2.75) is 5.03 Å². The highest BCUT2D eigenvalue weighted by Gasteiger charge is 2.10. The van der Waals surface area contributed by atoms with Crippen LogP contribution in [-0.4, -0.2) is 16.0 Å². The van der Waals surface area contributed by atoms with Crippen LogP contribution in [0.1, 0.15) is 0 Å². The topological polar surface area (TPSA) is 17.8 Å². The van der Waals surface area contributed by atoms with E-state index in [1.54, 1.807) is 11.8 Å². The van der Waals surface area contributed by atoms with Gasteiger partial charge in [0.15, 0.2) is 0 Å². The maximum absolute atomic E-state index is 5.93. The summed E-state index contributed by atoms with van der Waals surface area (Å²) in [6.07, 6.45) is 2.06. The van der Waals surface area contributed by atoms with Crippen LogP contribution in [0.25, 0.3) is 16.9 Å². The highest BCUT2D eigenvalue weighted by molar-refractivity contribution is 7.98. The van der Waals surface area contributed by atoms with Crippen LogP contribution in [0.5, 0.6) is 0 Å². The molecule has 0 radical (unpaired) electrons. The summed E-state index contributed by atoms with van der Waals surface area (Å²) in [4.78, 5) is 0. The van der Waals surface area contributed by atoms with Crippen molar-refractivity contribution in [3.05, 3.63) is 65.7 Å². The SMILES string of the molecule is CSc1cc(-c2ccc(Cl)cc2)nn1-c1ccccc1. The molecule has 0 amide bonds. The Labute approximate surface area is 127 Å². The smallest absolute Gasteiger partial charge is 0.100 e. The third-order valence-electron chi connectivity index (χ3n) is 3.03. The third-order valence-corrected chi connectivity index (χ3v) is 3.99. The molecule has 1 aromatic heterocycles. The number of halogens is 1.